The van der Waals surface area contributed by atoms with Gasteiger partial charge in [-0.2, -0.15) is 0 Å². The van der Waals surface area contributed by atoms with Crippen molar-refractivity contribution in [2.75, 3.05) is 19.6 Å². The molecule has 1 N–H and O–H groups in total. The summed E-state index contributed by atoms with van der Waals surface area (Å²) in [6, 6.07) is 0.145. The molecule has 0 aliphatic rings. The van der Waals surface area contributed by atoms with Crippen molar-refractivity contribution < 1.29 is 14.7 Å². The van der Waals surface area contributed by atoms with Gasteiger partial charge in [0.25, 0.3) is 0 Å². The highest BCUT2D eigenvalue weighted by atomic mass is 16.4. The summed E-state index contributed by atoms with van der Waals surface area (Å²) in [5.74, 6) is -1.40. The van der Waals surface area contributed by atoms with Gasteiger partial charge in [0.2, 0.25) is 0 Å². The van der Waals surface area contributed by atoms with Crippen molar-refractivity contribution in [1.82, 2.24) is 9.80 Å². The second kappa shape index (κ2) is 9.61. The topological polar surface area (TPSA) is 60.9 Å². The second-order valence-corrected chi connectivity index (χ2v) is 5.36. The first-order valence-electron chi connectivity index (χ1n) is 7.67. The van der Waals surface area contributed by atoms with Crippen LogP contribution >= 0.6 is 0 Å². The van der Waals surface area contributed by atoms with E-state index in [1.165, 1.54) is 0 Å². The normalized spacial score (nSPS) is 13.7. The Labute approximate surface area is 122 Å². The fraction of sp³-hybridized carbons (Fsp3) is 0.867. The van der Waals surface area contributed by atoms with E-state index < -0.39 is 11.9 Å². The standard InChI is InChI=1S/C15H30N2O3/c1-6-9-10-17(13(5)7-2)15(20)16(8-3)11-12(4)14(18)19/h12-13H,6-11H2,1-5H3,(H,18,19). The summed E-state index contributed by atoms with van der Waals surface area (Å²) in [6.45, 7) is 11.3. The van der Waals surface area contributed by atoms with Crippen LogP contribution in [-0.4, -0.2) is 52.6 Å². The third kappa shape index (κ3) is 5.80. The summed E-state index contributed by atoms with van der Waals surface area (Å²) >= 11 is 0. The summed E-state index contributed by atoms with van der Waals surface area (Å²) in [5, 5.41) is 8.99. The molecule has 2 atom stereocenters. The molecular formula is C15H30N2O3. The molecule has 118 valence electrons. The Morgan fingerprint density at radius 3 is 2.15 bits per heavy atom. The zero-order valence-electron chi connectivity index (χ0n) is 13.6. The molecule has 0 rings (SSSR count). The van der Waals surface area contributed by atoms with E-state index in [9.17, 15) is 9.59 Å². The van der Waals surface area contributed by atoms with Gasteiger partial charge in [-0.15, -0.1) is 0 Å². The lowest BCUT2D eigenvalue weighted by atomic mass is 10.1. The molecular weight excluding hydrogens is 256 g/mol. The molecule has 0 bridgehead atoms. The van der Waals surface area contributed by atoms with Crippen LogP contribution in [0.4, 0.5) is 4.79 Å². The second-order valence-electron chi connectivity index (χ2n) is 5.36. The Morgan fingerprint density at radius 1 is 1.15 bits per heavy atom. The van der Waals surface area contributed by atoms with Crippen molar-refractivity contribution in [2.24, 2.45) is 5.92 Å². The van der Waals surface area contributed by atoms with Gasteiger partial charge in [0, 0.05) is 25.7 Å². The summed E-state index contributed by atoms with van der Waals surface area (Å²) in [4.78, 5) is 27.1. The van der Waals surface area contributed by atoms with Gasteiger partial charge in [0.15, 0.2) is 0 Å². The van der Waals surface area contributed by atoms with Crippen molar-refractivity contribution in [3.05, 3.63) is 0 Å². The fourth-order valence-corrected chi connectivity index (χ4v) is 1.99. The third-order valence-electron chi connectivity index (χ3n) is 3.69. The van der Waals surface area contributed by atoms with Crippen molar-refractivity contribution >= 4 is 12.0 Å². The summed E-state index contributed by atoms with van der Waals surface area (Å²) in [6.07, 6.45) is 2.92. The average molecular weight is 286 g/mol. The Kier molecular flexibility index (Phi) is 9.01. The maximum Gasteiger partial charge on any atom is 0.320 e. The van der Waals surface area contributed by atoms with Crippen LogP contribution in [0.3, 0.4) is 0 Å². The highest BCUT2D eigenvalue weighted by molar-refractivity contribution is 5.76. The van der Waals surface area contributed by atoms with E-state index in [1.807, 2.05) is 18.7 Å². The fourth-order valence-electron chi connectivity index (χ4n) is 1.99. The zero-order valence-corrected chi connectivity index (χ0v) is 13.6. The number of aliphatic carboxylic acids is 1. The molecule has 0 heterocycles. The van der Waals surface area contributed by atoms with Crippen molar-refractivity contribution in [3.8, 4) is 0 Å². The number of nitrogens with zero attached hydrogens (tertiary/aromatic N) is 2. The monoisotopic (exact) mass is 286 g/mol. The number of unbranched alkanes of at least 4 members (excludes halogenated alkanes) is 1. The zero-order chi connectivity index (χ0) is 15.7. The number of amides is 2. The lowest BCUT2D eigenvalue weighted by Crippen LogP contribution is -2.49. The Hall–Kier alpha value is -1.26. The molecule has 0 aliphatic heterocycles. The number of rotatable bonds is 9. The van der Waals surface area contributed by atoms with E-state index >= 15 is 0 Å². The largest absolute Gasteiger partial charge is 0.481 e. The van der Waals surface area contributed by atoms with Crippen LogP contribution in [0, 0.1) is 5.92 Å². The molecule has 5 nitrogen and oxygen atoms in total. The van der Waals surface area contributed by atoms with E-state index in [2.05, 4.69) is 13.8 Å². The molecule has 0 radical (unpaired) electrons. The molecule has 5 heteroatoms. The molecule has 0 aromatic heterocycles. The molecule has 2 amide bonds. The maximum atomic E-state index is 12.6. The van der Waals surface area contributed by atoms with Crippen molar-refractivity contribution in [1.29, 1.82) is 0 Å². The van der Waals surface area contributed by atoms with Crippen LogP contribution in [-0.2, 0) is 4.79 Å². The molecule has 0 fully saturated rings. The van der Waals surface area contributed by atoms with Crippen LogP contribution in [0.15, 0.2) is 0 Å². The van der Waals surface area contributed by atoms with Crippen LogP contribution in [0.2, 0.25) is 0 Å². The van der Waals surface area contributed by atoms with Crippen LogP contribution in [0.5, 0.6) is 0 Å². The van der Waals surface area contributed by atoms with Gasteiger partial charge >= 0.3 is 12.0 Å². The predicted octanol–water partition coefficient (Wildman–Crippen LogP) is 3.05. The quantitative estimate of drug-likeness (QED) is 0.708. The van der Waals surface area contributed by atoms with E-state index in [0.29, 0.717) is 6.54 Å². The first kappa shape index (κ1) is 18.7. The minimum Gasteiger partial charge on any atom is -0.481 e. The average Bonchev–Trinajstić information content (AvgIpc) is 2.43. The molecule has 0 saturated carbocycles. The lowest BCUT2D eigenvalue weighted by Gasteiger charge is -2.34. The molecule has 0 spiro atoms. The highest BCUT2D eigenvalue weighted by Crippen LogP contribution is 2.11. The Morgan fingerprint density at radius 2 is 1.75 bits per heavy atom. The number of hydrogen-bond acceptors (Lipinski definition) is 2. The highest BCUT2D eigenvalue weighted by Gasteiger charge is 2.25. The number of carbonyl (C=O) groups is 2. The van der Waals surface area contributed by atoms with E-state index in [4.69, 9.17) is 5.11 Å². The van der Waals surface area contributed by atoms with E-state index in [-0.39, 0.29) is 18.6 Å². The molecule has 20 heavy (non-hydrogen) atoms. The van der Waals surface area contributed by atoms with Crippen LogP contribution in [0.1, 0.15) is 53.9 Å². The van der Waals surface area contributed by atoms with Gasteiger partial charge in [-0.1, -0.05) is 27.2 Å². The first-order valence-corrected chi connectivity index (χ1v) is 7.67. The SMILES string of the molecule is CCCCN(C(=O)N(CC)CC(C)C(=O)O)C(C)CC. The Balaban J connectivity index is 4.84. The number of urea groups is 1. The van der Waals surface area contributed by atoms with E-state index in [0.717, 1.165) is 25.8 Å². The number of carboxylic acids is 1. The van der Waals surface area contributed by atoms with Crippen molar-refractivity contribution in [3.63, 3.8) is 0 Å². The molecule has 0 aliphatic carbocycles. The van der Waals surface area contributed by atoms with Gasteiger partial charge < -0.3 is 14.9 Å². The van der Waals surface area contributed by atoms with Gasteiger partial charge in [-0.05, 0) is 26.7 Å². The predicted molar refractivity (Wildman–Crippen MR) is 80.8 cm³/mol. The Bertz CT molecular complexity index is 307. The molecule has 2 unspecified atom stereocenters. The third-order valence-corrected chi connectivity index (χ3v) is 3.69. The molecule has 0 aromatic carbocycles. The number of carbonyl (C=O) groups excluding carboxylic acids is 1. The van der Waals surface area contributed by atoms with Gasteiger partial charge in [-0.25, -0.2) is 4.79 Å². The minimum absolute atomic E-state index is 0.0385. The summed E-state index contributed by atoms with van der Waals surface area (Å²) in [7, 11) is 0. The number of hydrogen-bond donors (Lipinski definition) is 1. The summed E-state index contributed by atoms with van der Waals surface area (Å²) in [5.41, 5.74) is 0. The number of carboxylic acid groups (broad SMARTS) is 1. The molecule has 0 saturated heterocycles. The van der Waals surface area contributed by atoms with E-state index in [1.54, 1.807) is 11.8 Å². The summed E-state index contributed by atoms with van der Waals surface area (Å²) < 4.78 is 0. The first-order chi connectivity index (χ1) is 9.38. The van der Waals surface area contributed by atoms with Gasteiger partial charge in [-0.3, -0.25) is 4.79 Å². The van der Waals surface area contributed by atoms with Gasteiger partial charge in [0.05, 0.1) is 5.92 Å². The van der Waals surface area contributed by atoms with Crippen LogP contribution < -0.4 is 0 Å². The van der Waals surface area contributed by atoms with Crippen molar-refractivity contribution in [2.45, 2.75) is 59.9 Å². The molecule has 0 aromatic rings. The van der Waals surface area contributed by atoms with Gasteiger partial charge in [0.1, 0.15) is 0 Å². The van der Waals surface area contributed by atoms with Crippen LogP contribution in [0.25, 0.3) is 0 Å². The smallest absolute Gasteiger partial charge is 0.320 e. The lowest BCUT2D eigenvalue weighted by molar-refractivity contribution is -0.141. The minimum atomic E-state index is -0.861. The maximum absolute atomic E-state index is 12.6.